The van der Waals surface area contributed by atoms with Crippen LogP contribution in [0.2, 0.25) is 0 Å². The van der Waals surface area contributed by atoms with E-state index in [1.165, 1.54) is 25.4 Å². The number of nitro benzene ring substituents is 1. The van der Waals surface area contributed by atoms with Gasteiger partial charge < -0.3 is 15.4 Å². The van der Waals surface area contributed by atoms with Crippen LogP contribution in [-0.2, 0) is 9.59 Å². The first kappa shape index (κ1) is 16.9. The molecule has 1 aromatic heterocycles. The van der Waals surface area contributed by atoms with Crippen LogP contribution in [0.5, 0.6) is 5.75 Å². The highest BCUT2D eigenvalue weighted by molar-refractivity contribution is 6.43. The van der Waals surface area contributed by atoms with Crippen molar-refractivity contribution in [3.8, 4) is 5.75 Å². The van der Waals surface area contributed by atoms with Crippen LogP contribution in [0.15, 0.2) is 36.5 Å². The summed E-state index contributed by atoms with van der Waals surface area (Å²) in [5.74, 6) is -1.57. The average Bonchev–Trinajstić information content (AvgIpc) is 2.54. The lowest BCUT2D eigenvalue weighted by atomic mass is 10.2. The second-order valence-corrected chi connectivity index (χ2v) is 4.77. The van der Waals surface area contributed by atoms with E-state index in [0.29, 0.717) is 0 Å². The molecule has 0 spiro atoms. The van der Waals surface area contributed by atoms with Crippen molar-refractivity contribution in [2.45, 2.75) is 6.92 Å². The highest BCUT2D eigenvalue weighted by atomic mass is 16.6. The molecule has 124 valence electrons. The highest BCUT2D eigenvalue weighted by Crippen LogP contribution is 2.28. The Hall–Kier alpha value is -3.49. The first-order valence-electron chi connectivity index (χ1n) is 6.78. The van der Waals surface area contributed by atoms with Crippen molar-refractivity contribution >= 4 is 29.0 Å². The number of carbonyl (C=O) groups is 2. The largest absolute Gasteiger partial charge is 0.494 e. The first-order valence-corrected chi connectivity index (χ1v) is 6.78. The number of amides is 2. The number of nitrogens with one attached hydrogen (secondary N) is 2. The number of hydrogen-bond donors (Lipinski definition) is 2. The maximum Gasteiger partial charge on any atom is 0.315 e. The van der Waals surface area contributed by atoms with E-state index in [0.717, 1.165) is 11.6 Å². The summed E-state index contributed by atoms with van der Waals surface area (Å²) < 4.78 is 4.99. The van der Waals surface area contributed by atoms with Gasteiger partial charge in [-0.15, -0.1) is 0 Å². The van der Waals surface area contributed by atoms with Crippen LogP contribution in [0, 0.1) is 17.0 Å². The van der Waals surface area contributed by atoms with Gasteiger partial charge in [0, 0.05) is 12.3 Å². The van der Waals surface area contributed by atoms with Crippen LogP contribution in [-0.4, -0.2) is 28.8 Å². The first-order chi connectivity index (χ1) is 11.4. The Balaban J connectivity index is 2.11. The number of aryl methyl sites for hydroxylation is 1. The Morgan fingerprint density at radius 2 is 1.88 bits per heavy atom. The fourth-order valence-corrected chi connectivity index (χ4v) is 1.85. The van der Waals surface area contributed by atoms with Gasteiger partial charge in [0.25, 0.3) is 5.69 Å². The summed E-state index contributed by atoms with van der Waals surface area (Å²) in [6, 6.07) is 6.98. The molecule has 1 heterocycles. The van der Waals surface area contributed by atoms with E-state index in [4.69, 9.17) is 4.74 Å². The van der Waals surface area contributed by atoms with Crippen molar-refractivity contribution in [3.05, 3.63) is 52.2 Å². The predicted molar refractivity (Wildman–Crippen MR) is 85.9 cm³/mol. The van der Waals surface area contributed by atoms with Gasteiger partial charge in [0.05, 0.1) is 23.8 Å². The number of carbonyl (C=O) groups excluding carboxylic acids is 2. The lowest BCUT2D eigenvalue weighted by Crippen LogP contribution is -2.29. The van der Waals surface area contributed by atoms with E-state index in [1.54, 1.807) is 12.1 Å². The molecule has 9 heteroatoms. The Labute approximate surface area is 136 Å². The number of aromatic nitrogens is 1. The summed E-state index contributed by atoms with van der Waals surface area (Å²) in [6.45, 7) is 1.82. The van der Waals surface area contributed by atoms with Crippen LogP contribution < -0.4 is 15.4 Å². The van der Waals surface area contributed by atoms with Gasteiger partial charge in [0.15, 0.2) is 0 Å². The summed E-state index contributed by atoms with van der Waals surface area (Å²) in [7, 11) is 1.30. The lowest BCUT2D eigenvalue weighted by molar-refractivity contribution is -0.384. The molecule has 0 aliphatic rings. The van der Waals surface area contributed by atoms with Gasteiger partial charge in [0.1, 0.15) is 11.6 Å². The molecule has 9 nitrogen and oxygen atoms in total. The Morgan fingerprint density at radius 1 is 1.17 bits per heavy atom. The fraction of sp³-hybridized carbons (Fsp3) is 0.133. The third-order valence-electron chi connectivity index (χ3n) is 3.01. The molecular formula is C15H14N4O5. The van der Waals surface area contributed by atoms with Crippen LogP contribution in [0.3, 0.4) is 0 Å². The number of methoxy groups -OCH3 is 1. The summed E-state index contributed by atoms with van der Waals surface area (Å²) in [4.78, 5) is 37.9. The standard InChI is InChI=1S/C15H14N4O5/c1-9-5-6-16-13(7-9)18-15(21)14(20)17-11-4-3-10(19(22)23)8-12(11)24-2/h3-8H,1-2H3,(H,17,20)(H,16,18,21). The minimum absolute atomic E-state index is 0.0685. The molecule has 0 fully saturated rings. The quantitative estimate of drug-likeness (QED) is 0.501. The monoisotopic (exact) mass is 330 g/mol. The maximum absolute atomic E-state index is 11.9. The van der Waals surface area contributed by atoms with Gasteiger partial charge in [-0.2, -0.15) is 0 Å². The Morgan fingerprint density at radius 3 is 2.50 bits per heavy atom. The number of anilines is 2. The zero-order valence-corrected chi connectivity index (χ0v) is 12.9. The van der Waals surface area contributed by atoms with Crippen molar-refractivity contribution in [1.29, 1.82) is 0 Å². The average molecular weight is 330 g/mol. The Bertz CT molecular complexity index is 806. The van der Waals surface area contributed by atoms with Gasteiger partial charge >= 0.3 is 11.8 Å². The zero-order valence-electron chi connectivity index (χ0n) is 12.9. The van der Waals surface area contributed by atoms with E-state index in [1.807, 2.05) is 6.92 Å². The molecule has 2 rings (SSSR count). The second-order valence-electron chi connectivity index (χ2n) is 4.77. The van der Waals surface area contributed by atoms with E-state index in [-0.39, 0.29) is 22.9 Å². The van der Waals surface area contributed by atoms with Gasteiger partial charge in [-0.3, -0.25) is 19.7 Å². The van der Waals surface area contributed by atoms with E-state index in [2.05, 4.69) is 15.6 Å². The highest BCUT2D eigenvalue weighted by Gasteiger charge is 2.18. The van der Waals surface area contributed by atoms with Gasteiger partial charge in [0.2, 0.25) is 0 Å². The van der Waals surface area contributed by atoms with E-state index >= 15 is 0 Å². The molecule has 0 saturated carbocycles. The zero-order chi connectivity index (χ0) is 17.7. The second kappa shape index (κ2) is 7.18. The summed E-state index contributed by atoms with van der Waals surface area (Å²) in [5, 5.41) is 15.4. The van der Waals surface area contributed by atoms with Crippen LogP contribution >= 0.6 is 0 Å². The normalized spacial score (nSPS) is 9.92. The van der Waals surface area contributed by atoms with Crippen molar-refractivity contribution in [1.82, 2.24) is 4.98 Å². The summed E-state index contributed by atoms with van der Waals surface area (Å²) in [5.41, 5.74) is 0.816. The smallest absolute Gasteiger partial charge is 0.315 e. The number of benzene rings is 1. The van der Waals surface area contributed by atoms with E-state index in [9.17, 15) is 19.7 Å². The molecular weight excluding hydrogens is 316 g/mol. The number of rotatable bonds is 4. The molecule has 1 aromatic carbocycles. The number of pyridine rings is 1. The van der Waals surface area contributed by atoms with Gasteiger partial charge in [-0.1, -0.05) is 0 Å². The number of nitro groups is 1. The molecule has 24 heavy (non-hydrogen) atoms. The molecule has 0 bridgehead atoms. The molecule has 2 aromatic rings. The summed E-state index contributed by atoms with van der Waals surface area (Å²) >= 11 is 0. The van der Waals surface area contributed by atoms with E-state index < -0.39 is 16.7 Å². The van der Waals surface area contributed by atoms with Gasteiger partial charge in [-0.05, 0) is 30.7 Å². The SMILES string of the molecule is COc1cc([N+](=O)[O-])ccc1NC(=O)C(=O)Nc1cc(C)ccn1. The van der Waals surface area contributed by atoms with Crippen molar-refractivity contribution < 1.29 is 19.2 Å². The molecule has 0 aliphatic heterocycles. The van der Waals surface area contributed by atoms with Crippen LogP contribution in [0.4, 0.5) is 17.2 Å². The number of ether oxygens (including phenoxy) is 1. The van der Waals surface area contributed by atoms with Crippen LogP contribution in [0.25, 0.3) is 0 Å². The molecule has 2 amide bonds. The summed E-state index contributed by atoms with van der Waals surface area (Å²) in [6.07, 6.45) is 1.50. The molecule has 0 aliphatic carbocycles. The van der Waals surface area contributed by atoms with Gasteiger partial charge in [-0.25, -0.2) is 4.98 Å². The molecule has 0 saturated heterocycles. The van der Waals surface area contributed by atoms with Crippen LogP contribution in [0.1, 0.15) is 5.56 Å². The number of hydrogen-bond acceptors (Lipinski definition) is 6. The number of non-ortho nitro benzene ring substituents is 1. The maximum atomic E-state index is 11.9. The molecule has 0 unspecified atom stereocenters. The Kier molecular flexibility index (Phi) is 5.05. The molecule has 0 atom stereocenters. The predicted octanol–water partition coefficient (Wildman–Crippen LogP) is 1.88. The minimum Gasteiger partial charge on any atom is -0.494 e. The third-order valence-corrected chi connectivity index (χ3v) is 3.01. The topological polar surface area (TPSA) is 123 Å². The van der Waals surface area contributed by atoms with Crippen molar-refractivity contribution in [3.63, 3.8) is 0 Å². The van der Waals surface area contributed by atoms with Crippen molar-refractivity contribution in [2.24, 2.45) is 0 Å². The lowest BCUT2D eigenvalue weighted by Gasteiger charge is -2.10. The molecule has 0 radical (unpaired) electrons. The third kappa shape index (κ3) is 4.03. The van der Waals surface area contributed by atoms with Crippen molar-refractivity contribution in [2.75, 3.05) is 17.7 Å². The fourth-order valence-electron chi connectivity index (χ4n) is 1.85. The number of nitrogens with zero attached hydrogens (tertiary/aromatic N) is 2. The molecule has 2 N–H and O–H groups in total. The minimum atomic E-state index is -0.953.